The highest BCUT2D eigenvalue weighted by atomic mass is 32.2. The molecule has 110 valence electrons. The summed E-state index contributed by atoms with van der Waals surface area (Å²) in [5.74, 6) is 1.50. The zero-order valence-electron chi connectivity index (χ0n) is 12.0. The van der Waals surface area contributed by atoms with E-state index in [1.807, 2.05) is 36.4 Å². The molecule has 0 bridgehead atoms. The molecule has 4 heteroatoms. The third-order valence-electron chi connectivity index (χ3n) is 3.01. The number of carbonyl (C=O) groups excluding carboxylic acids is 1. The van der Waals surface area contributed by atoms with Crippen LogP contribution in [-0.4, -0.2) is 22.4 Å². The molecule has 0 saturated heterocycles. The van der Waals surface area contributed by atoms with Crippen LogP contribution in [0.3, 0.4) is 0 Å². The first kappa shape index (κ1) is 15.4. The second kappa shape index (κ2) is 7.74. The zero-order chi connectivity index (χ0) is 15.1. The first-order valence-electron chi connectivity index (χ1n) is 6.78. The van der Waals surface area contributed by atoms with E-state index in [0.717, 1.165) is 5.56 Å². The van der Waals surface area contributed by atoms with Crippen LogP contribution in [0.5, 0.6) is 5.75 Å². The smallest absolute Gasteiger partial charge is 0.163 e. The number of para-hydroxylation sites is 1. The number of carbonyl (C=O) groups is 1. The summed E-state index contributed by atoms with van der Waals surface area (Å²) < 4.78 is 17.6. The normalized spacial score (nSPS) is 11.9. The van der Waals surface area contributed by atoms with Gasteiger partial charge in [0.2, 0.25) is 0 Å². The van der Waals surface area contributed by atoms with E-state index in [0.29, 0.717) is 29.4 Å². The van der Waals surface area contributed by atoms with Crippen molar-refractivity contribution in [2.45, 2.75) is 12.7 Å². The van der Waals surface area contributed by atoms with Gasteiger partial charge in [-0.15, -0.1) is 0 Å². The largest absolute Gasteiger partial charge is 0.492 e. The minimum atomic E-state index is -0.972. The fraction of sp³-hybridized carbons (Fsp3) is 0.235. The van der Waals surface area contributed by atoms with Crippen LogP contribution in [-0.2, 0) is 16.6 Å². The summed E-state index contributed by atoms with van der Waals surface area (Å²) in [6.07, 6.45) is 0. The Morgan fingerprint density at radius 3 is 2.43 bits per heavy atom. The van der Waals surface area contributed by atoms with Crippen molar-refractivity contribution < 1.29 is 13.7 Å². The monoisotopic (exact) mass is 302 g/mol. The van der Waals surface area contributed by atoms with Gasteiger partial charge in [-0.3, -0.25) is 9.00 Å². The van der Waals surface area contributed by atoms with Crippen molar-refractivity contribution in [3.63, 3.8) is 0 Å². The number of hydrogen-bond donors (Lipinski definition) is 0. The van der Waals surface area contributed by atoms with Crippen molar-refractivity contribution in [2.75, 3.05) is 12.4 Å². The number of ketones is 1. The molecule has 1 unspecified atom stereocenters. The van der Waals surface area contributed by atoms with Gasteiger partial charge in [-0.25, -0.2) is 0 Å². The minimum absolute atomic E-state index is 0.0315. The summed E-state index contributed by atoms with van der Waals surface area (Å²) in [5.41, 5.74) is 1.62. The van der Waals surface area contributed by atoms with Gasteiger partial charge in [0.15, 0.2) is 5.78 Å². The number of benzene rings is 2. The van der Waals surface area contributed by atoms with Crippen LogP contribution in [0.2, 0.25) is 0 Å². The molecule has 3 nitrogen and oxygen atoms in total. The highest BCUT2D eigenvalue weighted by Gasteiger charge is 2.08. The molecule has 0 amide bonds. The van der Waals surface area contributed by atoms with Crippen molar-refractivity contribution >= 4 is 16.6 Å². The topological polar surface area (TPSA) is 43.4 Å². The van der Waals surface area contributed by atoms with Crippen LogP contribution in [0.25, 0.3) is 0 Å². The maximum Gasteiger partial charge on any atom is 0.163 e. The van der Waals surface area contributed by atoms with Crippen molar-refractivity contribution in [3.05, 3.63) is 65.7 Å². The standard InChI is InChI=1S/C17H18O3S/c1-14(18)16-9-5-6-10-17(16)20-11-12-21(19)13-15-7-3-2-4-8-15/h2-10H,11-13H2,1H3. The summed E-state index contributed by atoms with van der Waals surface area (Å²) in [4.78, 5) is 11.5. The lowest BCUT2D eigenvalue weighted by Crippen LogP contribution is -2.11. The molecule has 0 saturated carbocycles. The number of rotatable bonds is 7. The summed E-state index contributed by atoms with van der Waals surface area (Å²) >= 11 is 0. The maximum atomic E-state index is 12.0. The molecule has 1 atom stereocenters. The van der Waals surface area contributed by atoms with Gasteiger partial charge in [-0.05, 0) is 24.6 Å². The summed E-state index contributed by atoms with van der Waals surface area (Å²) in [6.45, 7) is 1.85. The Bertz CT molecular complexity index is 623. The molecule has 2 aromatic rings. The average Bonchev–Trinajstić information content (AvgIpc) is 2.48. The van der Waals surface area contributed by atoms with Crippen molar-refractivity contribution in [1.29, 1.82) is 0 Å². The van der Waals surface area contributed by atoms with E-state index in [-0.39, 0.29) is 5.78 Å². The van der Waals surface area contributed by atoms with Gasteiger partial charge in [0.25, 0.3) is 0 Å². The molecule has 0 spiro atoms. The van der Waals surface area contributed by atoms with Crippen molar-refractivity contribution in [2.24, 2.45) is 0 Å². The number of ether oxygens (including phenoxy) is 1. The Kier molecular flexibility index (Phi) is 5.69. The number of hydrogen-bond acceptors (Lipinski definition) is 3. The molecule has 21 heavy (non-hydrogen) atoms. The van der Waals surface area contributed by atoms with E-state index < -0.39 is 10.8 Å². The van der Waals surface area contributed by atoms with Gasteiger partial charge in [0.1, 0.15) is 5.75 Å². The lowest BCUT2D eigenvalue weighted by molar-refractivity contribution is 0.101. The molecule has 0 aromatic heterocycles. The average molecular weight is 302 g/mol. The van der Waals surface area contributed by atoms with Crippen LogP contribution in [0, 0.1) is 0 Å². The fourth-order valence-corrected chi connectivity index (χ4v) is 2.94. The second-order valence-corrected chi connectivity index (χ2v) is 6.25. The molecular formula is C17H18O3S. The zero-order valence-corrected chi connectivity index (χ0v) is 12.8. The van der Waals surface area contributed by atoms with Crippen molar-refractivity contribution in [3.8, 4) is 5.75 Å². The Balaban J connectivity index is 1.84. The SMILES string of the molecule is CC(=O)c1ccccc1OCCS(=O)Cc1ccccc1. The Morgan fingerprint density at radius 1 is 1.05 bits per heavy atom. The first-order valence-corrected chi connectivity index (χ1v) is 8.27. The molecule has 0 aliphatic heterocycles. The molecule has 2 aromatic carbocycles. The lowest BCUT2D eigenvalue weighted by Gasteiger charge is -2.09. The number of Topliss-reactive ketones (excluding diaryl/α,β-unsaturated/α-hetero) is 1. The summed E-state index contributed by atoms with van der Waals surface area (Å²) in [7, 11) is -0.972. The van der Waals surface area contributed by atoms with Crippen LogP contribution in [0.4, 0.5) is 0 Å². The first-order chi connectivity index (χ1) is 10.2. The second-order valence-electron chi connectivity index (χ2n) is 4.67. The van der Waals surface area contributed by atoms with Crippen LogP contribution in [0.1, 0.15) is 22.8 Å². The van der Waals surface area contributed by atoms with Gasteiger partial charge in [-0.1, -0.05) is 42.5 Å². The molecule has 2 rings (SSSR count). The van der Waals surface area contributed by atoms with Crippen LogP contribution >= 0.6 is 0 Å². The van der Waals surface area contributed by atoms with Gasteiger partial charge in [0, 0.05) is 16.6 Å². The van der Waals surface area contributed by atoms with Crippen LogP contribution < -0.4 is 4.74 Å². The Labute approximate surface area is 127 Å². The van der Waals surface area contributed by atoms with E-state index in [1.54, 1.807) is 18.2 Å². The van der Waals surface area contributed by atoms with Crippen molar-refractivity contribution in [1.82, 2.24) is 0 Å². The highest BCUT2D eigenvalue weighted by Crippen LogP contribution is 2.18. The third kappa shape index (κ3) is 4.83. The summed E-state index contributed by atoms with van der Waals surface area (Å²) in [5, 5.41) is 0. The molecular weight excluding hydrogens is 284 g/mol. The predicted octanol–water partition coefficient (Wildman–Crippen LogP) is 3.22. The minimum Gasteiger partial charge on any atom is -0.492 e. The maximum absolute atomic E-state index is 12.0. The lowest BCUT2D eigenvalue weighted by atomic mass is 10.1. The highest BCUT2D eigenvalue weighted by molar-refractivity contribution is 7.84. The van der Waals surface area contributed by atoms with E-state index in [1.165, 1.54) is 6.92 Å². The molecule has 0 heterocycles. The van der Waals surface area contributed by atoms with E-state index in [4.69, 9.17) is 4.74 Å². The van der Waals surface area contributed by atoms with E-state index >= 15 is 0 Å². The molecule has 0 N–H and O–H groups in total. The van der Waals surface area contributed by atoms with Gasteiger partial charge in [-0.2, -0.15) is 0 Å². The Hall–Kier alpha value is -1.94. The quantitative estimate of drug-likeness (QED) is 0.738. The third-order valence-corrected chi connectivity index (χ3v) is 4.28. The van der Waals surface area contributed by atoms with Gasteiger partial charge >= 0.3 is 0 Å². The Morgan fingerprint density at radius 2 is 1.71 bits per heavy atom. The molecule has 0 aliphatic rings. The van der Waals surface area contributed by atoms with E-state index in [2.05, 4.69) is 0 Å². The van der Waals surface area contributed by atoms with Gasteiger partial charge < -0.3 is 4.74 Å². The molecule has 0 aliphatic carbocycles. The molecule has 0 fully saturated rings. The molecule has 0 radical (unpaired) electrons. The van der Waals surface area contributed by atoms with E-state index in [9.17, 15) is 9.00 Å². The van der Waals surface area contributed by atoms with Gasteiger partial charge in [0.05, 0.1) is 17.9 Å². The fourth-order valence-electron chi connectivity index (χ4n) is 1.96. The van der Waals surface area contributed by atoms with Crippen LogP contribution in [0.15, 0.2) is 54.6 Å². The predicted molar refractivity (Wildman–Crippen MR) is 85.1 cm³/mol. The summed E-state index contributed by atoms with van der Waals surface area (Å²) in [6, 6.07) is 16.9.